The van der Waals surface area contributed by atoms with Crippen molar-refractivity contribution < 1.29 is 9.59 Å². The van der Waals surface area contributed by atoms with Crippen LogP contribution in [0, 0.1) is 6.92 Å². The van der Waals surface area contributed by atoms with Crippen LogP contribution < -0.4 is 10.6 Å². The molecule has 0 bridgehead atoms. The first-order valence-electron chi connectivity index (χ1n) is 6.01. The molecule has 1 heterocycles. The smallest absolute Gasteiger partial charge is 0.315 e. The molecule has 3 amide bonds. The number of aryl methyl sites for hydroxylation is 1. The van der Waals surface area contributed by atoms with Crippen molar-refractivity contribution >= 4 is 23.3 Å². The highest BCUT2D eigenvalue weighted by Gasteiger charge is 2.19. The molecular weight excluding hydrogens is 264 g/mol. The normalized spacial score (nSPS) is 13.5. The van der Waals surface area contributed by atoms with Gasteiger partial charge in [0.05, 0.1) is 6.04 Å². The van der Waals surface area contributed by atoms with Crippen LogP contribution >= 0.6 is 11.3 Å². The number of carbonyl (C=O) groups excluding carboxylic acids is 2. The molecule has 0 saturated heterocycles. The van der Waals surface area contributed by atoms with Gasteiger partial charge in [0.1, 0.15) is 11.0 Å². The standard InChI is InChI=1S/C12H20N4O2S/c1-7-6-19-10(13-7)8(2)14-12(18)15-9(3)11(17)16(4)5/h6,8-9H,1-5H3,(H2,14,15,18)/t8-,9+/m1/s1. The first kappa shape index (κ1) is 15.4. The maximum Gasteiger partial charge on any atom is 0.315 e. The molecule has 0 aliphatic rings. The summed E-state index contributed by atoms with van der Waals surface area (Å²) in [5.74, 6) is -0.145. The van der Waals surface area contributed by atoms with Crippen LogP contribution in [0.2, 0.25) is 0 Å². The highest BCUT2D eigenvalue weighted by atomic mass is 32.1. The Bertz CT molecular complexity index is 458. The molecule has 6 nitrogen and oxygen atoms in total. The molecule has 1 aromatic heterocycles. The molecule has 106 valence electrons. The van der Waals surface area contributed by atoms with E-state index in [4.69, 9.17) is 0 Å². The van der Waals surface area contributed by atoms with Gasteiger partial charge in [-0.15, -0.1) is 11.3 Å². The molecule has 0 spiro atoms. The van der Waals surface area contributed by atoms with Gasteiger partial charge in [-0.2, -0.15) is 0 Å². The summed E-state index contributed by atoms with van der Waals surface area (Å²) in [5, 5.41) is 8.15. The highest BCUT2D eigenvalue weighted by molar-refractivity contribution is 7.09. The van der Waals surface area contributed by atoms with E-state index in [0.29, 0.717) is 0 Å². The summed E-state index contributed by atoms with van der Waals surface area (Å²) in [6.45, 7) is 5.42. The molecule has 2 atom stereocenters. The van der Waals surface area contributed by atoms with E-state index in [-0.39, 0.29) is 18.0 Å². The number of hydrogen-bond acceptors (Lipinski definition) is 4. The van der Waals surface area contributed by atoms with Crippen LogP contribution in [0.5, 0.6) is 0 Å². The second-order valence-corrected chi connectivity index (χ2v) is 5.51. The molecule has 0 unspecified atom stereocenters. The van der Waals surface area contributed by atoms with E-state index in [0.717, 1.165) is 10.7 Å². The molecule has 0 radical (unpaired) electrons. The molecule has 1 aromatic rings. The van der Waals surface area contributed by atoms with Crippen LogP contribution in [-0.4, -0.2) is 42.0 Å². The minimum absolute atomic E-state index is 0.145. The fraction of sp³-hybridized carbons (Fsp3) is 0.583. The third kappa shape index (κ3) is 4.51. The lowest BCUT2D eigenvalue weighted by Gasteiger charge is -2.19. The molecule has 0 aliphatic heterocycles. The van der Waals surface area contributed by atoms with Gasteiger partial charge in [-0.3, -0.25) is 4.79 Å². The minimum Gasteiger partial charge on any atom is -0.347 e. The number of carbonyl (C=O) groups is 2. The minimum atomic E-state index is -0.555. The second kappa shape index (κ2) is 6.51. The fourth-order valence-electron chi connectivity index (χ4n) is 1.52. The second-order valence-electron chi connectivity index (χ2n) is 4.62. The number of rotatable bonds is 4. The van der Waals surface area contributed by atoms with Gasteiger partial charge in [0, 0.05) is 25.2 Å². The van der Waals surface area contributed by atoms with Crippen molar-refractivity contribution in [1.82, 2.24) is 20.5 Å². The molecule has 2 N–H and O–H groups in total. The Hall–Kier alpha value is -1.63. The zero-order chi connectivity index (χ0) is 14.6. The molecule has 0 saturated carbocycles. The van der Waals surface area contributed by atoms with Crippen LogP contribution in [0.4, 0.5) is 4.79 Å². The Morgan fingerprint density at radius 2 is 1.95 bits per heavy atom. The summed E-state index contributed by atoms with van der Waals surface area (Å²) in [7, 11) is 3.30. The van der Waals surface area contributed by atoms with E-state index in [9.17, 15) is 9.59 Å². The van der Waals surface area contributed by atoms with Gasteiger partial charge in [0.25, 0.3) is 0 Å². The van der Waals surface area contributed by atoms with E-state index >= 15 is 0 Å². The van der Waals surface area contributed by atoms with Crippen molar-refractivity contribution in [2.45, 2.75) is 32.9 Å². The van der Waals surface area contributed by atoms with Crippen LogP contribution in [0.1, 0.15) is 30.6 Å². The summed E-state index contributed by atoms with van der Waals surface area (Å²) >= 11 is 1.50. The van der Waals surface area contributed by atoms with Crippen molar-refractivity contribution in [3.8, 4) is 0 Å². The SMILES string of the molecule is Cc1csc([C@@H](C)NC(=O)N[C@@H](C)C(=O)N(C)C)n1. The number of likely N-dealkylation sites (N-methyl/N-ethyl adjacent to an activating group) is 1. The Morgan fingerprint density at radius 3 is 2.42 bits per heavy atom. The lowest BCUT2D eigenvalue weighted by molar-refractivity contribution is -0.130. The molecule has 0 aliphatic carbocycles. The molecule has 7 heteroatoms. The first-order chi connectivity index (χ1) is 8.81. The van der Waals surface area contributed by atoms with Gasteiger partial charge >= 0.3 is 6.03 Å². The third-order valence-corrected chi connectivity index (χ3v) is 3.66. The molecular formula is C12H20N4O2S. The summed E-state index contributed by atoms with van der Waals surface area (Å²) in [4.78, 5) is 29.1. The Morgan fingerprint density at radius 1 is 1.32 bits per heavy atom. The van der Waals surface area contributed by atoms with Crippen LogP contribution in [0.15, 0.2) is 5.38 Å². The van der Waals surface area contributed by atoms with Gasteiger partial charge < -0.3 is 15.5 Å². The topological polar surface area (TPSA) is 74.3 Å². The predicted molar refractivity (Wildman–Crippen MR) is 75.1 cm³/mol. The van der Waals surface area contributed by atoms with Crippen molar-refractivity contribution in [3.63, 3.8) is 0 Å². The Labute approximate surface area is 117 Å². The maximum atomic E-state index is 11.8. The van der Waals surface area contributed by atoms with E-state index < -0.39 is 6.04 Å². The number of aromatic nitrogens is 1. The summed E-state index contributed by atoms with van der Waals surface area (Å²) < 4.78 is 0. The quantitative estimate of drug-likeness (QED) is 0.875. The third-order valence-electron chi connectivity index (χ3n) is 2.51. The predicted octanol–water partition coefficient (Wildman–Crippen LogP) is 1.29. The highest BCUT2D eigenvalue weighted by Crippen LogP contribution is 2.17. The van der Waals surface area contributed by atoms with Crippen LogP contribution in [0.3, 0.4) is 0 Å². The average molecular weight is 284 g/mol. The van der Waals surface area contributed by atoms with Gasteiger partial charge in [-0.25, -0.2) is 9.78 Å². The zero-order valence-corrected chi connectivity index (χ0v) is 12.7. The van der Waals surface area contributed by atoms with Gasteiger partial charge in [0.15, 0.2) is 0 Å². The number of urea groups is 1. The van der Waals surface area contributed by atoms with E-state index in [1.165, 1.54) is 16.2 Å². The van der Waals surface area contributed by atoms with Crippen molar-refractivity contribution in [2.75, 3.05) is 14.1 Å². The van der Waals surface area contributed by atoms with E-state index in [1.54, 1.807) is 21.0 Å². The molecule has 0 aromatic carbocycles. The van der Waals surface area contributed by atoms with Crippen molar-refractivity contribution in [3.05, 3.63) is 16.1 Å². The number of thiazole rings is 1. The van der Waals surface area contributed by atoms with Crippen LogP contribution in [-0.2, 0) is 4.79 Å². The molecule has 19 heavy (non-hydrogen) atoms. The molecule has 1 rings (SSSR count). The fourth-order valence-corrected chi connectivity index (χ4v) is 2.32. The van der Waals surface area contributed by atoms with E-state index in [2.05, 4.69) is 15.6 Å². The lowest BCUT2D eigenvalue weighted by Crippen LogP contribution is -2.48. The van der Waals surface area contributed by atoms with E-state index in [1.807, 2.05) is 19.2 Å². The van der Waals surface area contributed by atoms with Gasteiger partial charge in [-0.05, 0) is 20.8 Å². The Balaban J connectivity index is 2.49. The zero-order valence-electron chi connectivity index (χ0n) is 11.9. The largest absolute Gasteiger partial charge is 0.347 e. The number of hydrogen-bond donors (Lipinski definition) is 2. The first-order valence-corrected chi connectivity index (χ1v) is 6.89. The number of nitrogens with zero attached hydrogens (tertiary/aromatic N) is 2. The summed E-state index contributed by atoms with van der Waals surface area (Å²) in [5.41, 5.74) is 0.935. The Kier molecular flexibility index (Phi) is 5.29. The van der Waals surface area contributed by atoms with Crippen molar-refractivity contribution in [1.29, 1.82) is 0 Å². The average Bonchev–Trinajstić information content (AvgIpc) is 2.74. The van der Waals surface area contributed by atoms with Gasteiger partial charge in [0.2, 0.25) is 5.91 Å². The van der Waals surface area contributed by atoms with Crippen LogP contribution in [0.25, 0.3) is 0 Å². The number of nitrogens with one attached hydrogen (secondary N) is 2. The molecule has 0 fully saturated rings. The van der Waals surface area contributed by atoms with Gasteiger partial charge in [-0.1, -0.05) is 0 Å². The summed E-state index contributed by atoms with van der Waals surface area (Å²) in [6.07, 6.45) is 0. The lowest BCUT2D eigenvalue weighted by atomic mass is 10.3. The monoisotopic (exact) mass is 284 g/mol. The maximum absolute atomic E-state index is 11.8. The number of amides is 3. The summed E-state index contributed by atoms with van der Waals surface area (Å²) in [6, 6.07) is -1.11. The van der Waals surface area contributed by atoms with Crippen molar-refractivity contribution in [2.24, 2.45) is 0 Å².